The highest BCUT2D eigenvalue weighted by atomic mass is 79.9. The van der Waals surface area contributed by atoms with Gasteiger partial charge in [-0.15, -0.1) is 11.3 Å². The molecule has 1 unspecified atom stereocenters. The molecule has 62 valence electrons. The predicted octanol–water partition coefficient (Wildman–Crippen LogP) is 2.87. The number of hydrogen-bond donors (Lipinski definition) is 1. The molecule has 1 atom stereocenters. The fourth-order valence-corrected chi connectivity index (χ4v) is 2.24. The lowest BCUT2D eigenvalue weighted by Crippen LogP contribution is -2.02. The summed E-state index contributed by atoms with van der Waals surface area (Å²) in [7, 11) is 0. The summed E-state index contributed by atoms with van der Waals surface area (Å²) >= 11 is 4.68. The van der Waals surface area contributed by atoms with Crippen molar-refractivity contribution in [2.24, 2.45) is 5.73 Å². The molecule has 0 aliphatic carbocycles. The molecule has 0 saturated carbocycles. The largest absolute Gasteiger partial charge is 0.330 e. The first-order valence-electron chi connectivity index (χ1n) is 3.32. The van der Waals surface area contributed by atoms with Gasteiger partial charge in [0.05, 0.1) is 0 Å². The Hall–Kier alpha value is 0.0700. The molecule has 11 heavy (non-hydrogen) atoms. The number of alkyl halides is 1. The normalized spacial score (nSPS) is 13.4. The first kappa shape index (κ1) is 9.16. The highest BCUT2D eigenvalue weighted by molar-refractivity contribution is 9.10. The maximum atomic E-state index is 13.1. The van der Waals surface area contributed by atoms with E-state index in [9.17, 15) is 4.39 Å². The zero-order valence-corrected chi connectivity index (χ0v) is 8.29. The van der Waals surface area contributed by atoms with Crippen LogP contribution < -0.4 is 5.73 Å². The molecule has 0 aromatic carbocycles. The third-order valence-electron chi connectivity index (χ3n) is 1.32. The molecule has 0 spiro atoms. The lowest BCUT2D eigenvalue weighted by Gasteiger charge is -2.01. The van der Waals surface area contributed by atoms with Crippen LogP contribution in [0.2, 0.25) is 0 Å². The lowest BCUT2D eigenvalue weighted by molar-refractivity contribution is 0.333. The van der Waals surface area contributed by atoms with Crippen molar-refractivity contribution in [3.8, 4) is 0 Å². The zero-order chi connectivity index (χ0) is 8.27. The van der Waals surface area contributed by atoms with Crippen LogP contribution in [0.15, 0.2) is 15.9 Å². The average Bonchev–Trinajstić information content (AvgIpc) is 2.36. The molecule has 1 heterocycles. The first-order chi connectivity index (χ1) is 5.24. The van der Waals surface area contributed by atoms with Gasteiger partial charge in [0, 0.05) is 14.7 Å². The van der Waals surface area contributed by atoms with Gasteiger partial charge < -0.3 is 5.73 Å². The Morgan fingerprint density at radius 1 is 1.73 bits per heavy atom. The molecule has 4 heteroatoms. The van der Waals surface area contributed by atoms with Gasteiger partial charge in [-0.1, -0.05) is 0 Å². The fourth-order valence-electron chi connectivity index (χ4n) is 0.781. The van der Waals surface area contributed by atoms with Crippen LogP contribution >= 0.6 is 27.3 Å². The van der Waals surface area contributed by atoms with Crippen LogP contribution in [0.5, 0.6) is 0 Å². The first-order valence-corrected chi connectivity index (χ1v) is 4.99. The van der Waals surface area contributed by atoms with E-state index in [0.29, 0.717) is 13.0 Å². The lowest BCUT2D eigenvalue weighted by atomic mass is 10.2. The Morgan fingerprint density at radius 3 is 2.91 bits per heavy atom. The molecule has 1 rings (SSSR count). The van der Waals surface area contributed by atoms with E-state index < -0.39 is 6.17 Å². The Labute approximate surface area is 77.5 Å². The molecule has 0 amide bonds. The van der Waals surface area contributed by atoms with E-state index in [1.54, 1.807) is 6.07 Å². The van der Waals surface area contributed by atoms with Gasteiger partial charge in [0.2, 0.25) is 0 Å². The van der Waals surface area contributed by atoms with E-state index >= 15 is 0 Å². The minimum absolute atomic E-state index is 0.399. The van der Waals surface area contributed by atoms with E-state index in [0.717, 1.165) is 9.35 Å². The summed E-state index contributed by atoms with van der Waals surface area (Å²) in [5.41, 5.74) is 5.23. The molecule has 0 aliphatic heterocycles. The molecule has 0 aliphatic rings. The van der Waals surface area contributed by atoms with Gasteiger partial charge in [-0.3, -0.25) is 0 Å². The Kier molecular flexibility index (Phi) is 3.48. The van der Waals surface area contributed by atoms with Crippen LogP contribution in [0.3, 0.4) is 0 Å². The minimum atomic E-state index is -0.892. The zero-order valence-electron chi connectivity index (χ0n) is 5.89. The molecule has 0 radical (unpaired) electrons. The van der Waals surface area contributed by atoms with E-state index in [1.807, 2.05) is 5.38 Å². The number of thiophene rings is 1. The minimum Gasteiger partial charge on any atom is -0.330 e. The summed E-state index contributed by atoms with van der Waals surface area (Å²) in [6.45, 7) is 0.399. The molecular formula is C7H9BrFNS. The van der Waals surface area contributed by atoms with Crippen LogP contribution in [-0.4, -0.2) is 6.54 Å². The van der Waals surface area contributed by atoms with Gasteiger partial charge in [0.25, 0.3) is 0 Å². The molecule has 1 nitrogen and oxygen atoms in total. The summed E-state index contributed by atoms with van der Waals surface area (Å²) in [5, 5.41) is 1.87. The van der Waals surface area contributed by atoms with Crippen molar-refractivity contribution in [3.05, 3.63) is 20.8 Å². The molecule has 0 bridgehead atoms. The molecule has 0 saturated heterocycles. The summed E-state index contributed by atoms with van der Waals surface area (Å²) in [5.74, 6) is 0. The highest BCUT2D eigenvalue weighted by Crippen LogP contribution is 2.29. The Balaban J connectivity index is 2.60. The summed E-state index contributed by atoms with van der Waals surface area (Å²) < 4.78 is 14.0. The quantitative estimate of drug-likeness (QED) is 0.860. The van der Waals surface area contributed by atoms with Crippen molar-refractivity contribution in [2.75, 3.05) is 6.54 Å². The summed E-state index contributed by atoms with van der Waals surface area (Å²) in [4.78, 5) is 0.752. The van der Waals surface area contributed by atoms with E-state index in [4.69, 9.17) is 5.73 Å². The highest BCUT2D eigenvalue weighted by Gasteiger charge is 2.10. The second-order valence-corrected chi connectivity index (χ2v) is 4.07. The van der Waals surface area contributed by atoms with Crippen molar-refractivity contribution >= 4 is 27.3 Å². The van der Waals surface area contributed by atoms with E-state index in [1.165, 1.54) is 11.3 Å². The number of hydrogen-bond acceptors (Lipinski definition) is 2. The third-order valence-corrected chi connectivity index (χ3v) is 3.10. The van der Waals surface area contributed by atoms with E-state index in [-0.39, 0.29) is 0 Å². The predicted molar refractivity (Wildman–Crippen MR) is 49.5 cm³/mol. The van der Waals surface area contributed by atoms with E-state index in [2.05, 4.69) is 15.9 Å². The van der Waals surface area contributed by atoms with Gasteiger partial charge in [0.1, 0.15) is 6.17 Å². The van der Waals surface area contributed by atoms with Crippen LogP contribution in [0, 0.1) is 0 Å². The van der Waals surface area contributed by atoms with Crippen LogP contribution in [0.25, 0.3) is 0 Å². The number of nitrogens with two attached hydrogens (primary N) is 1. The van der Waals surface area contributed by atoms with Crippen molar-refractivity contribution in [3.63, 3.8) is 0 Å². The molecule has 2 N–H and O–H groups in total. The molecule has 1 aromatic heterocycles. The van der Waals surface area contributed by atoms with Crippen molar-refractivity contribution < 1.29 is 4.39 Å². The molecule has 1 aromatic rings. The van der Waals surface area contributed by atoms with Gasteiger partial charge in [0.15, 0.2) is 0 Å². The third kappa shape index (κ3) is 2.54. The standard InChI is InChI=1S/C7H9BrFNS/c8-5-3-7(11-4-5)6(9)1-2-10/h3-4,6H,1-2,10H2. The van der Waals surface area contributed by atoms with Gasteiger partial charge in [-0.2, -0.15) is 0 Å². The topological polar surface area (TPSA) is 26.0 Å². The number of rotatable bonds is 3. The van der Waals surface area contributed by atoms with Crippen LogP contribution in [0.1, 0.15) is 17.5 Å². The van der Waals surface area contributed by atoms with Crippen molar-refractivity contribution in [2.45, 2.75) is 12.6 Å². The van der Waals surface area contributed by atoms with Crippen LogP contribution in [0.4, 0.5) is 4.39 Å². The Morgan fingerprint density at radius 2 is 2.45 bits per heavy atom. The van der Waals surface area contributed by atoms with Gasteiger partial charge in [-0.05, 0) is 35.0 Å². The maximum Gasteiger partial charge on any atom is 0.135 e. The van der Waals surface area contributed by atoms with Gasteiger partial charge >= 0.3 is 0 Å². The number of halogens is 2. The molecular weight excluding hydrogens is 229 g/mol. The maximum absolute atomic E-state index is 13.1. The average molecular weight is 238 g/mol. The monoisotopic (exact) mass is 237 g/mol. The van der Waals surface area contributed by atoms with Crippen LogP contribution in [-0.2, 0) is 0 Å². The SMILES string of the molecule is NCCC(F)c1cc(Br)cs1. The second kappa shape index (κ2) is 4.18. The van der Waals surface area contributed by atoms with Crippen molar-refractivity contribution in [1.29, 1.82) is 0 Å². The molecule has 0 fully saturated rings. The Bertz CT molecular complexity index is 226. The van der Waals surface area contributed by atoms with Gasteiger partial charge in [-0.25, -0.2) is 4.39 Å². The second-order valence-electron chi connectivity index (χ2n) is 2.21. The fraction of sp³-hybridized carbons (Fsp3) is 0.429. The summed E-state index contributed by atoms with van der Waals surface area (Å²) in [6.07, 6.45) is -0.483. The van der Waals surface area contributed by atoms with Crippen molar-refractivity contribution in [1.82, 2.24) is 0 Å². The summed E-state index contributed by atoms with van der Waals surface area (Å²) in [6, 6.07) is 1.80. The smallest absolute Gasteiger partial charge is 0.135 e.